The van der Waals surface area contributed by atoms with Crippen LogP contribution in [0.15, 0.2) is 18.2 Å². The zero-order valence-corrected chi connectivity index (χ0v) is 18.8. The number of para-hydroxylation sites is 1. The Balaban J connectivity index is 2.10. The van der Waals surface area contributed by atoms with E-state index in [-0.39, 0.29) is 17.7 Å². The molecule has 1 aromatic carbocycles. The quantitative estimate of drug-likeness (QED) is 0.728. The first-order valence-corrected chi connectivity index (χ1v) is 11.8. The number of rotatable bonds is 6. The number of amides is 3. The molecule has 2 N–H and O–H groups in total. The molecule has 0 aliphatic carbocycles. The second-order valence-corrected chi connectivity index (χ2v) is 10.1. The number of nitrogens with zero attached hydrogens (tertiary/aromatic N) is 1. The number of carbonyl (C=O) groups excluding carboxylic acids is 2. The van der Waals surface area contributed by atoms with E-state index in [1.807, 2.05) is 45.9 Å². The molecule has 1 aliphatic rings. The fourth-order valence-corrected chi connectivity index (χ4v) is 4.99. The van der Waals surface area contributed by atoms with Crippen molar-refractivity contribution in [2.24, 2.45) is 0 Å². The molecule has 2 rings (SSSR count). The lowest BCUT2D eigenvalue weighted by molar-refractivity contribution is -0.131. The number of hydrogen-bond acceptors (Lipinski definition) is 4. The Bertz CT molecular complexity index is 815. The van der Waals surface area contributed by atoms with Crippen molar-refractivity contribution in [3.8, 4) is 0 Å². The Morgan fingerprint density at radius 2 is 1.59 bits per heavy atom. The van der Waals surface area contributed by atoms with E-state index in [1.165, 1.54) is 0 Å². The van der Waals surface area contributed by atoms with Gasteiger partial charge in [0.1, 0.15) is 0 Å². The summed E-state index contributed by atoms with van der Waals surface area (Å²) in [5.74, 6) is 0.389. The highest BCUT2D eigenvalue weighted by Crippen LogP contribution is 2.32. The van der Waals surface area contributed by atoms with Crippen LogP contribution in [0.25, 0.3) is 0 Å². The molecule has 1 aliphatic heterocycles. The molecule has 0 aromatic heterocycles. The summed E-state index contributed by atoms with van der Waals surface area (Å²) in [5, 5.41) is 2.10. The smallest absolute Gasteiger partial charge is 0.332 e. The van der Waals surface area contributed by atoms with E-state index in [4.69, 9.17) is 0 Å². The summed E-state index contributed by atoms with van der Waals surface area (Å²) in [6.07, 6.45) is 1.06. The third kappa shape index (κ3) is 5.72. The maximum atomic E-state index is 12.7. The molecule has 0 radical (unpaired) electrons. The third-order valence-electron chi connectivity index (χ3n) is 5.38. The van der Waals surface area contributed by atoms with Gasteiger partial charge < -0.3 is 10.2 Å². The molecule has 8 heteroatoms. The summed E-state index contributed by atoms with van der Waals surface area (Å²) in [4.78, 5) is 26.0. The number of nitrogens with one attached hydrogen (secondary N) is 2. The predicted molar refractivity (Wildman–Crippen MR) is 116 cm³/mol. The van der Waals surface area contributed by atoms with E-state index in [0.717, 1.165) is 11.1 Å². The van der Waals surface area contributed by atoms with Crippen LogP contribution in [0.5, 0.6) is 0 Å². The number of anilines is 1. The normalized spacial score (nSPS) is 15.6. The van der Waals surface area contributed by atoms with Crippen molar-refractivity contribution in [2.45, 2.75) is 71.0 Å². The highest BCUT2D eigenvalue weighted by molar-refractivity contribution is 7.90. The summed E-state index contributed by atoms with van der Waals surface area (Å²) in [7, 11) is -3.82. The van der Waals surface area contributed by atoms with E-state index in [1.54, 1.807) is 11.8 Å². The molecule has 0 unspecified atom stereocenters. The number of piperidine rings is 1. The lowest BCUT2D eigenvalue weighted by atomic mass is 9.93. The van der Waals surface area contributed by atoms with Gasteiger partial charge in [0.25, 0.3) is 0 Å². The zero-order chi connectivity index (χ0) is 21.8. The average Bonchev–Trinajstić information content (AvgIpc) is 2.66. The standard InChI is InChI=1S/C21H33N3O4S/c1-6-19(25)24-12-10-16(11-13-24)29(27,28)23-21(26)22-20-17(14(2)3)8-7-9-18(20)15(4)5/h7-9,14-16H,6,10-13H2,1-5H3,(H2,22,23,26). The third-order valence-corrected chi connectivity index (χ3v) is 7.20. The van der Waals surface area contributed by atoms with Gasteiger partial charge in [-0.25, -0.2) is 17.9 Å². The average molecular weight is 424 g/mol. The van der Waals surface area contributed by atoms with Crippen LogP contribution in [-0.4, -0.2) is 43.6 Å². The fourth-order valence-electron chi connectivity index (χ4n) is 3.69. The first-order chi connectivity index (χ1) is 13.6. The Kier molecular flexibility index (Phi) is 7.68. The topological polar surface area (TPSA) is 95.6 Å². The number of urea groups is 1. The number of benzene rings is 1. The molecule has 1 saturated heterocycles. The molecular formula is C21H33N3O4S. The Morgan fingerprint density at radius 1 is 1.07 bits per heavy atom. The van der Waals surface area contributed by atoms with Crippen molar-refractivity contribution in [2.75, 3.05) is 18.4 Å². The Morgan fingerprint density at radius 3 is 2.03 bits per heavy atom. The van der Waals surface area contributed by atoms with Gasteiger partial charge in [-0.05, 0) is 35.8 Å². The summed E-state index contributed by atoms with van der Waals surface area (Å²) < 4.78 is 27.6. The van der Waals surface area contributed by atoms with Crippen LogP contribution < -0.4 is 10.0 Å². The minimum atomic E-state index is -3.82. The number of carbonyl (C=O) groups is 2. The van der Waals surface area contributed by atoms with E-state index in [9.17, 15) is 18.0 Å². The molecular weight excluding hydrogens is 390 g/mol. The van der Waals surface area contributed by atoms with Crippen molar-refractivity contribution < 1.29 is 18.0 Å². The van der Waals surface area contributed by atoms with Crippen molar-refractivity contribution in [3.63, 3.8) is 0 Å². The summed E-state index contributed by atoms with van der Waals surface area (Å²) in [6, 6.07) is 5.10. The van der Waals surface area contributed by atoms with Crippen LogP contribution in [0.4, 0.5) is 10.5 Å². The summed E-state index contributed by atoms with van der Waals surface area (Å²) in [5.41, 5.74) is 2.61. The second kappa shape index (κ2) is 9.61. The molecule has 0 atom stereocenters. The number of sulfonamides is 1. The Hall–Kier alpha value is -2.09. The van der Waals surface area contributed by atoms with E-state index < -0.39 is 21.3 Å². The van der Waals surface area contributed by atoms with Gasteiger partial charge in [-0.15, -0.1) is 0 Å². The van der Waals surface area contributed by atoms with Gasteiger partial charge in [0.05, 0.1) is 5.25 Å². The highest BCUT2D eigenvalue weighted by atomic mass is 32.2. The van der Waals surface area contributed by atoms with Crippen molar-refractivity contribution in [1.29, 1.82) is 0 Å². The van der Waals surface area contributed by atoms with E-state index in [0.29, 0.717) is 38.0 Å². The summed E-state index contributed by atoms with van der Waals surface area (Å²) >= 11 is 0. The molecule has 0 saturated carbocycles. The number of likely N-dealkylation sites (tertiary alicyclic amines) is 1. The van der Waals surface area contributed by atoms with Crippen LogP contribution in [0.2, 0.25) is 0 Å². The van der Waals surface area contributed by atoms with Gasteiger partial charge in [-0.3, -0.25) is 4.79 Å². The van der Waals surface area contributed by atoms with Gasteiger partial charge in [0, 0.05) is 25.2 Å². The van der Waals surface area contributed by atoms with Crippen molar-refractivity contribution >= 4 is 27.6 Å². The maximum Gasteiger partial charge on any atom is 0.332 e. The molecule has 29 heavy (non-hydrogen) atoms. The van der Waals surface area contributed by atoms with Crippen molar-refractivity contribution in [3.05, 3.63) is 29.3 Å². The maximum absolute atomic E-state index is 12.7. The molecule has 0 bridgehead atoms. The van der Waals surface area contributed by atoms with Gasteiger partial charge in [-0.2, -0.15) is 0 Å². The largest absolute Gasteiger partial charge is 0.343 e. The second-order valence-electron chi connectivity index (χ2n) is 8.16. The van der Waals surface area contributed by atoms with Gasteiger partial charge in [0.2, 0.25) is 15.9 Å². The van der Waals surface area contributed by atoms with Gasteiger partial charge in [-0.1, -0.05) is 52.8 Å². The molecule has 1 aromatic rings. The van der Waals surface area contributed by atoms with Gasteiger partial charge >= 0.3 is 6.03 Å². The summed E-state index contributed by atoms with van der Waals surface area (Å²) in [6.45, 7) is 10.7. The minimum absolute atomic E-state index is 0.0260. The van der Waals surface area contributed by atoms with Crippen LogP contribution in [-0.2, 0) is 14.8 Å². The predicted octanol–water partition coefficient (Wildman–Crippen LogP) is 3.79. The molecule has 0 spiro atoms. The van der Waals surface area contributed by atoms with Crippen LogP contribution in [0.3, 0.4) is 0 Å². The molecule has 1 fully saturated rings. The fraction of sp³-hybridized carbons (Fsp3) is 0.619. The Labute approximate surface area is 174 Å². The van der Waals surface area contributed by atoms with Crippen LogP contribution >= 0.6 is 0 Å². The molecule has 3 amide bonds. The molecule has 162 valence electrons. The van der Waals surface area contributed by atoms with Gasteiger partial charge in [0.15, 0.2) is 0 Å². The first kappa shape index (κ1) is 23.2. The van der Waals surface area contributed by atoms with E-state index in [2.05, 4.69) is 10.0 Å². The molecule has 1 heterocycles. The van der Waals surface area contributed by atoms with E-state index >= 15 is 0 Å². The lowest BCUT2D eigenvalue weighted by Crippen LogP contribution is -2.47. The van der Waals surface area contributed by atoms with Crippen LogP contribution in [0.1, 0.15) is 76.8 Å². The lowest BCUT2D eigenvalue weighted by Gasteiger charge is -2.31. The van der Waals surface area contributed by atoms with Crippen LogP contribution in [0, 0.1) is 0 Å². The first-order valence-electron chi connectivity index (χ1n) is 10.3. The van der Waals surface area contributed by atoms with Crippen molar-refractivity contribution in [1.82, 2.24) is 9.62 Å². The SMILES string of the molecule is CCC(=O)N1CCC(S(=O)(=O)NC(=O)Nc2c(C(C)C)cccc2C(C)C)CC1. The zero-order valence-electron chi connectivity index (χ0n) is 18.0. The minimum Gasteiger partial charge on any atom is -0.343 e. The monoisotopic (exact) mass is 423 g/mol. The molecule has 7 nitrogen and oxygen atoms in total. The number of hydrogen-bond donors (Lipinski definition) is 2. The highest BCUT2D eigenvalue weighted by Gasteiger charge is 2.32.